The Labute approximate surface area is 215 Å². The third kappa shape index (κ3) is 5.82. The summed E-state index contributed by atoms with van der Waals surface area (Å²) in [4.78, 5) is 26.6. The van der Waals surface area contributed by atoms with Crippen molar-refractivity contribution in [3.05, 3.63) is 100 Å². The second-order valence-electron chi connectivity index (χ2n) is 7.69. The molecular weight excluding hydrogens is 540 g/mol. The van der Waals surface area contributed by atoms with E-state index < -0.39 is 30.7 Å². The van der Waals surface area contributed by atoms with Crippen LogP contribution in [0.4, 0.5) is 16.5 Å². The number of carbonyl (C=O) groups excluding carboxylic acids is 1. The average molecular weight is 559 g/mol. The summed E-state index contributed by atoms with van der Waals surface area (Å²) < 4.78 is 52.9. The van der Waals surface area contributed by atoms with Crippen molar-refractivity contribution in [2.45, 2.75) is 20.9 Å². The van der Waals surface area contributed by atoms with Gasteiger partial charge in [-0.2, -0.15) is 0 Å². The van der Waals surface area contributed by atoms with Crippen LogP contribution in [0, 0.1) is 17.0 Å². The number of benzene rings is 3. The lowest BCUT2D eigenvalue weighted by Crippen LogP contribution is -2.14. The van der Waals surface area contributed by atoms with E-state index in [4.69, 9.17) is 0 Å². The molecule has 0 spiro atoms. The normalized spacial score (nSPS) is 11.6. The molecular formula is C23H18N4O7S3. The van der Waals surface area contributed by atoms with Gasteiger partial charge in [0.25, 0.3) is 21.6 Å². The third-order valence-corrected chi connectivity index (χ3v) is 9.60. The zero-order valence-electron chi connectivity index (χ0n) is 19.0. The summed E-state index contributed by atoms with van der Waals surface area (Å²) in [7, 11) is -7.79. The Morgan fingerprint density at radius 3 is 2.08 bits per heavy atom. The zero-order valence-corrected chi connectivity index (χ0v) is 21.4. The fourth-order valence-electron chi connectivity index (χ4n) is 3.09. The van der Waals surface area contributed by atoms with Crippen molar-refractivity contribution in [1.82, 2.24) is 4.98 Å². The van der Waals surface area contributed by atoms with Crippen LogP contribution in [0.3, 0.4) is 0 Å². The molecule has 0 bridgehead atoms. The molecule has 0 saturated heterocycles. The monoisotopic (exact) mass is 558 g/mol. The summed E-state index contributed by atoms with van der Waals surface area (Å²) in [6.07, 6.45) is 1.08. The van der Waals surface area contributed by atoms with Gasteiger partial charge in [-0.1, -0.05) is 29.0 Å². The number of rotatable bonds is 8. The molecule has 2 N–H and O–H groups in total. The highest BCUT2D eigenvalue weighted by molar-refractivity contribution is 7.93. The van der Waals surface area contributed by atoms with Gasteiger partial charge < -0.3 is 0 Å². The number of aryl methyl sites for hydroxylation is 1. The number of hydrogen-bond donors (Lipinski definition) is 2. The van der Waals surface area contributed by atoms with E-state index in [2.05, 4.69) is 15.0 Å². The molecule has 37 heavy (non-hydrogen) atoms. The molecule has 3 aromatic carbocycles. The summed E-state index contributed by atoms with van der Waals surface area (Å²) >= 11 is 0.721. The van der Waals surface area contributed by atoms with E-state index in [0.717, 1.165) is 47.4 Å². The topological polar surface area (TPSA) is 165 Å². The second kappa shape index (κ2) is 10.1. The number of nitro groups is 1. The van der Waals surface area contributed by atoms with Gasteiger partial charge in [-0.3, -0.25) is 24.9 Å². The van der Waals surface area contributed by atoms with Crippen LogP contribution in [0.2, 0.25) is 0 Å². The fourth-order valence-corrected chi connectivity index (χ4v) is 6.58. The largest absolute Gasteiger partial charge is 0.298 e. The van der Waals surface area contributed by atoms with Gasteiger partial charge in [0.15, 0.2) is 5.13 Å². The molecule has 190 valence electrons. The Morgan fingerprint density at radius 1 is 0.892 bits per heavy atom. The molecule has 0 unspecified atom stereocenters. The Balaban J connectivity index is 1.44. The summed E-state index contributed by atoms with van der Waals surface area (Å²) in [5, 5.41) is 13.3. The molecule has 0 atom stereocenters. The molecule has 0 fully saturated rings. The smallest absolute Gasteiger partial charge is 0.269 e. The van der Waals surface area contributed by atoms with E-state index in [9.17, 15) is 31.7 Å². The Morgan fingerprint density at radius 2 is 1.49 bits per heavy atom. The number of amides is 1. The van der Waals surface area contributed by atoms with Crippen LogP contribution in [0.25, 0.3) is 0 Å². The van der Waals surface area contributed by atoms with Gasteiger partial charge in [0.1, 0.15) is 4.21 Å². The molecule has 1 amide bonds. The zero-order chi connectivity index (χ0) is 26.8. The minimum atomic E-state index is -3.99. The number of nitrogens with zero attached hydrogens (tertiary/aromatic N) is 2. The van der Waals surface area contributed by atoms with Crippen molar-refractivity contribution in [3.63, 3.8) is 0 Å². The predicted octanol–water partition coefficient (Wildman–Crippen LogP) is 4.25. The molecule has 0 aliphatic heterocycles. The minimum Gasteiger partial charge on any atom is -0.298 e. The van der Waals surface area contributed by atoms with Gasteiger partial charge in [0.2, 0.25) is 9.84 Å². The van der Waals surface area contributed by atoms with Crippen LogP contribution >= 0.6 is 11.3 Å². The van der Waals surface area contributed by atoms with Crippen LogP contribution in [-0.2, 0) is 19.9 Å². The first-order valence-electron chi connectivity index (χ1n) is 10.4. The van der Waals surface area contributed by atoms with Crippen LogP contribution in [0.1, 0.15) is 15.9 Å². The summed E-state index contributed by atoms with van der Waals surface area (Å²) in [6, 6.07) is 16.4. The van der Waals surface area contributed by atoms with Crippen LogP contribution in [0.15, 0.2) is 93.0 Å². The molecule has 11 nitrogen and oxygen atoms in total. The van der Waals surface area contributed by atoms with Crippen molar-refractivity contribution >= 4 is 53.6 Å². The van der Waals surface area contributed by atoms with Gasteiger partial charge >= 0.3 is 0 Å². The van der Waals surface area contributed by atoms with Crippen LogP contribution in [-0.4, -0.2) is 32.7 Å². The van der Waals surface area contributed by atoms with Crippen LogP contribution < -0.4 is 10.0 Å². The lowest BCUT2D eigenvalue weighted by atomic mass is 10.2. The number of nitrogens with one attached hydrogen (secondary N) is 2. The molecule has 4 aromatic rings. The summed E-state index contributed by atoms with van der Waals surface area (Å²) in [6.45, 7) is 1.85. The number of nitro benzene ring substituents is 1. The first-order valence-corrected chi connectivity index (χ1v) is 14.2. The van der Waals surface area contributed by atoms with Gasteiger partial charge in [0, 0.05) is 23.4 Å². The van der Waals surface area contributed by atoms with E-state index in [1.54, 1.807) is 12.1 Å². The lowest BCUT2D eigenvalue weighted by molar-refractivity contribution is -0.384. The molecule has 1 heterocycles. The first-order chi connectivity index (χ1) is 17.5. The predicted molar refractivity (Wildman–Crippen MR) is 137 cm³/mol. The number of anilines is 2. The maximum absolute atomic E-state index is 12.8. The van der Waals surface area contributed by atoms with Gasteiger partial charge in [0.05, 0.1) is 20.9 Å². The minimum absolute atomic E-state index is 0.0228. The number of hydrogen-bond acceptors (Lipinski definition) is 9. The maximum Gasteiger partial charge on any atom is 0.269 e. The molecule has 0 saturated carbocycles. The Bertz CT molecular complexity index is 1680. The molecule has 0 radical (unpaired) electrons. The van der Waals surface area contributed by atoms with Crippen molar-refractivity contribution in [2.24, 2.45) is 0 Å². The van der Waals surface area contributed by atoms with Gasteiger partial charge in [-0.15, -0.1) is 0 Å². The Kier molecular flexibility index (Phi) is 7.07. The number of thiazole rings is 1. The number of sulfonamides is 1. The lowest BCUT2D eigenvalue weighted by Gasteiger charge is -2.09. The molecule has 14 heteroatoms. The van der Waals surface area contributed by atoms with E-state index in [1.807, 2.05) is 6.92 Å². The highest BCUT2D eigenvalue weighted by Gasteiger charge is 2.23. The summed E-state index contributed by atoms with van der Waals surface area (Å²) in [5.41, 5.74) is 1.12. The van der Waals surface area contributed by atoms with E-state index in [0.29, 0.717) is 0 Å². The Hall–Kier alpha value is -4.14. The number of carbonyl (C=O) groups is 1. The number of sulfone groups is 1. The van der Waals surface area contributed by atoms with E-state index in [-0.39, 0.29) is 36.1 Å². The number of non-ortho nitro benzene ring substituents is 1. The van der Waals surface area contributed by atoms with E-state index in [1.165, 1.54) is 36.4 Å². The van der Waals surface area contributed by atoms with Crippen molar-refractivity contribution in [2.75, 3.05) is 10.0 Å². The van der Waals surface area contributed by atoms with Crippen molar-refractivity contribution in [1.29, 1.82) is 0 Å². The molecule has 4 rings (SSSR count). The van der Waals surface area contributed by atoms with Gasteiger partial charge in [-0.25, -0.2) is 21.8 Å². The number of aromatic nitrogens is 1. The maximum atomic E-state index is 12.8. The molecule has 1 aromatic heterocycles. The standard InChI is InChI=1S/C23H18N4O7S3/c1-15-2-10-20(11-3-15)37(33,34)26-17-6-4-16(5-7-17)22(28)25-23-24-14-21(35-23)36(31,32)19-12-8-18(9-13-19)27(29)30/h2-14,26H,1H3,(H,24,25,28). The SMILES string of the molecule is Cc1ccc(S(=O)(=O)Nc2ccc(C(=O)Nc3ncc(S(=O)(=O)c4ccc([N+](=O)[O-])cc4)s3)cc2)cc1. The molecule has 0 aliphatic carbocycles. The fraction of sp³-hybridized carbons (Fsp3) is 0.0435. The third-order valence-electron chi connectivity index (χ3n) is 5.06. The first kappa shape index (κ1) is 25.9. The van der Waals surface area contributed by atoms with Crippen molar-refractivity contribution in [3.8, 4) is 0 Å². The van der Waals surface area contributed by atoms with Crippen molar-refractivity contribution < 1.29 is 26.6 Å². The quantitative estimate of drug-likeness (QED) is 0.239. The highest BCUT2D eigenvalue weighted by atomic mass is 32.2. The summed E-state index contributed by atoms with van der Waals surface area (Å²) in [5.74, 6) is -0.582. The highest BCUT2D eigenvalue weighted by Crippen LogP contribution is 2.30. The van der Waals surface area contributed by atoms with Crippen LogP contribution in [0.5, 0.6) is 0 Å². The van der Waals surface area contributed by atoms with E-state index >= 15 is 0 Å². The second-order valence-corrected chi connectivity index (χ2v) is 12.6. The molecule has 0 aliphatic rings. The van der Waals surface area contributed by atoms with Gasteiger partial charge in [-0.05, 0) is 55.5 Å². The average Bonchev–Trinajstić information content (AvgIpc) is 3.34.